The molecule has 0 heterocycles. The van der Waals surface area contributed by atoms with E-state index in [1.165, 1.54) is 6.07 Å². The van der Waals surface area contributed by atoms with Crippen molar-refractivity contribution >= 4 is 29.3 Å². The van der Waals surface area contributed by atoms with Gasteiger partial charge in [0.1, 0.15) is 17.2 Å². The number of ether oxygens (including phenoxy) is 2. The molecule has 0 fully saturated rings. The highest BCUT2D eigenvalue weighted by molar-refractivity contribution is 6.30. The molecule has 3 aromatic carbocycles. The minimum atomic E-state index is -0.587. The van der Waals surface area contributed by atoms with Gasteiger partial charge in [-0.2, -0.15) is 0 Å². The van der Waals surface area contributed by atoms with Gasteiger partial charge in [-0.3, -0.25) is 4.79 Å². The molecule has 0 unspecified atom stereocenters. The number of nitrogens with one attached hydrogen (secondary N) is 3. The Labute approximate surface area is 234 Å². The second-order valence-corrected chi connectivity index (χ2v) is 10.5. The van der Waals surface area contributed by atoms with Gasteiger partial charge in [0, 0.05) is 36.2 Å². The molecule has 0 radical (unpaired) electrons. The Kier molecular flexibility index (Phi) is 10.6. The van der Waals surface area contributed by atoms with Crippen molar-refractivity contribution in [3.63, 3.8) is 0 Å². The van der Waals surface area contributed by atoms with Crippen LogP contribution >= 0.6 is 11.6 Å². The molecule has 3 N–H and O–H groups in total. The van der Waals surface area contributed by atoms with Gasteiger partial charge in [0.2, 0.25) is 5.91 Å². The molecule has 208 valence electrons. The Balaban J connectivity index is 1.54. The van der Waals surface area contributed by atoms with Gasteiger partial charge in [-0.1, -0.05) is 41.9 Å². The smallest absolute Gasteiger partial charge is 0.408 e. The summed E-state index contributed by atoms with van der Waals surface area (Å²) in [6.45, 7) is 7.96. The van der Waals surface area contributed by atoms with Crippen LogP contribution in [0.1, 0.15) is 57.7 Å². The molecular weight excluding hydrogens is 521 g/mol. The van der Waals surface area contributed by atoms with Gasteiger partial charge in [0.15, 0.2) is 5.75 Å². The molecule has 0 aliphatic carbocycles. The third-order valence-corrected chi connectivity index (χ3v) is 5.83. The highest BCUT2D eigenvalue weighted by Gasteiger charge is 2.18. The molecule has 1 atom stereocenters. The average Bonchev–Trinajstić information content (AvgIpc) is 2.86. The van der Waals surface area contributed by atoms with Gasteiger partial charge < -0.3 is 25.4 Å². The largest absolute Gasteiger partial charge is 0.455 e. The van der Waals surface area contributed by atoms with Crippen LogP contribution in [0.5, 0.6) is 11.5 Å². The van der Waals surface area contributed by atoms with Crippen LogP contribution in [0.3, 0.4) is 0 Å². The number of hydrogen-bond acceptors (Lipinski definition) is 5. The van der Waals surface area contributed by atoms with Gasteiger partial charge in [-0.05, 0) is 70.0 Å². The molecule has 3 aromatic rings. The summed E-state index contributed by atoms with van der Waals surface area (Å²) in [5.74, 6) is 0.604. The van der Waals surface area contributed by atoms with E-state index in [1.54, 1.807) is 30.3 Å². The van der Waals surface area contributed by atoms with Gasteiger partial charge in [-0.25, -0.2) is 9.18 Å². The number of anilines is 1. The van der Waals surface area contributed by atoms with Gasteiger partial charge in [-0.15, -0.1) is 0 Å². The second-order valence-electron chi connectivity index (χ2n) is 10.1. The van der Waals surface area contributed by atoms with Crippen molar-refractivity contribution in [3.8, 4) is 11.5 Å². The molecular formula is C30H35ClFN3O4. The zero-order valence-corrected chi connectivity index (χ0v) is 23.4. The summed E-state index contributed by atoms with van der Waals surface area (Å²) < 4.78 is 25.2. The Bertz CT molecular complexity index is 1280. The maximum Gasteiger partial charge on any atom is 0.408 e. The molecule has 39 heavy (non-hydrogen) atoms. The van der Waals surface area contributed by atoms with Crippen molar-refractivity contribution in [1.29, 1.82) is 0 Å². The van der Waals surface area contributed by atoms with E-state index in [-0.39, 0.29) is 30.7 Å². The minimum absolute atomic E-state index is 0.152. The number of rotatable bonds is 11. The highest BCUT2D eigenvalue weighted by Crippen LogP contribution is 2.33. The summed E-state index contributed by atoms with van der Waals surface area (Å²) in [5, 5.41) is 9.37. The first kappa shape index (κ1) is 29.8. The van der Waals surface area contributed by atoms with Crippen molar-refractivity contribution < 1.29 is 23.5 Å². The Morgan fingerprint density at radius 3 is 2.54 bits per heavy atom. The van der Waals surface area contributed by atoms with Crippen LogP contribution in [0.25, 0.3) is 0 Å². The lowest BCUT2D eigenvalue weighted by Crippen LogP contribution is -2.34. The van der Waals surface area contributed by atoms with E-state index >= 15 is 0 Å². The Morgan fingerprint density at radius 1 is 1.03 bits per heavy atom. The number of benzene rings is 3. The van der Waals surface area contributed by atoms with E-state index in [0.717, 1.165) is 11.3 Å². The molecule has 0 saturated carbocycles. The van der Waals surface area contributed by atoms with E-state index in [4.69, 9.17) is 21.1 Å². The number of carbonyl (C=O) groups excluding carboxylic acids is 2. The van der Waals surface area contributed by atoms with E-state index in [0.29, 0.717) is 35.1 Å². The van der Waals surface area contributed by atoms with Crippen molar-refractivity contribution in [3.05, 3.63) is 88.7 Å². The summed E-state index contributed by atoms with van der Waals surface area (Å²) in [7, 11) is 0. The molecule has 2 amide bonds. The van der Waals surface area contributed by atoms with Crippen LogP contribution in [0.4, 0.5) is 14.9 Å². The van der Waals surface area contributed by atoms with Crippen molar-refractivity contribution in [2.24, 2.45) is 0 Å². The van der Waals surface area contributed by atoms with Gasteiger partial charge in [0.25, 0.3) is 0 Å². The van der Waals surface area contributed by atoms with Crippen LogP contribution in [0, 0.1) is 5.82 Å². The Hall–Kier alpha value is -3.78. The molecule has 9 heteroatoms. The predicted molar refractivity (Wildman–Crippen MR) is 152 cm³/mol. The molecule has 3 rings (SSSR count). The summed E-state index contributed by atoms with van der Waals surface area (Å²) in [6.07, 6.45) is 0.355. The lowest BCUT2D eigenvalue weighted by molar-refractivity contribution is -0.121. The fraction of sp³-hybridized carbons (Fsp3) is 0.333. The summed E-state index contributed by atoms with van der Waals surface area (Å²) in [4.78, 5) is 24.3. The van der Waals surface area contributed by atoms with E-state index in [2.05, 4.69) is 16.0 Å². The normalized spacial score (nSPS) is 11.8. The van der Waals surface area contributed by atoms with Crippen LogP contribution in [0.15, 0.2) is 66.7 Å². The first-order valence-electron chi connectivity index (χ1n) is 12.8. The summed E-state index contributed by atoms with van der Waals surface area (Å²) >= 11 is 6.23. The zero-order chi connectivity index (χ0) is 28.4. The second kappa shape index (κ2) is 13.8. The lowest BCUT2D eigenvalue weighted by atomic mass is 10.1. The van der Waals surface area contributed by atoms with E-state index < -0.39 is 11.7 Å². The first-order valence-corrected chi connectivity index (χ1v) is 13.2. The summed E-state index contributed by atoms with van der Waals surface area (Å²) in [5.41, 5.74) is 1.43. The van der Waals surface area contributed by atoms with Crippen molar-refractivity contribution in [2.75, 3.05) is 11.9 Å². The zero-order valence-electron chi connectivity index (χ0n) is 22.6. The van der Waals surface area contributed by atoms with Crippen molar-refractivity contribution in [1.82, 2.24) is 10.6 Å². The molecule has 7 nitrogen and oxygen atoms in total. The number of halogens is 2. The monoisotopic (exact) mass is 555 g/mol. The molecule has 0 bridgehead atoms. The maximum absolute atomic E-state index is 13.7. The van der Waals surface area contributed by atoms with Crippen LogP contribution < -0.4 is 20.7 Å². The average molecular weight is 556 g/mol. The number of amides is 2. The topological polar surface area (TPSA) is 88.7 Å². The molecule has 0 saturated heterocycles. The first-order chi connectivity index (χ1) is 18.5. The Morgan fingerprint density at radius 2 is 1.79 bits per heavy atom. The molecule has 0 aromatic heterocycles. The summed E-state index contributed by atoms with van der Waals surface area (Å²) in [6, 6.07) is 18.7. The standard InChI is InChI=1S/C30H35ClFN3O4/c1-20(35-29(37)39-30(2,3)4)21-10-7-11-24(17-21)38-27-18-23(31)14-15-26(27)33-16-8-13-28(36)34-19-22-9-5-6-12-25(22)32/h5-7,9-12,14-15,17-18,20,33H,8,13,16,19H2,1-4H3,(H,34,36)(H,35,37)/t20-/m0/s1. The van der Waals surface area contributed by atoms with Crippen LogP contribution in [0.2, 0.25) is 5.02 Å². The van der Waals surface area contributed by atoms with Crippen LogP contribution in [-0.4, -0.2) is 24.1 Å². The number of hydrogen-bond donors (Lipinski definition) is 3. The quantitative estimate of drug-likeness (QED) is 0.215. The van der Waals surface area contributed by atoms with E-state index in [9.17, 15) is 14.0 Å². The highest BCUT2D eigenvalue weighted by atomic mass is 35.5. The fourth-order valence-corrected chi connectivity index (χ4v) is 3.83. The third-order valence-electron chi connectivity index (χ3n) is 5.59. The van der Waals surface area contributed by atoms with Gasteiger partial charge in [0.05, 0.1) is 11.7 Å². The minimum Gasteiger partial charge on any atom is -0.455 e. The SMILES string of the molecule is C[C@H](NC(=O)OC(C)(C)C)c1cccc(Oc2cc(Cl)ccc2NCCCC(=O)NCc2ccccc2F)c1. The molecule has 0 spiro atoms. The molecule has 0 aliphatic heterocycles. The number of carbonyl (C=O) groups is 2. The van der Waals surface area contributed by atoms with Crippen LogP contribution in [-0.2, 0) is 16.1 Å². The predicted octanol–water partition coefficient (Wildman–Crippen LogP) is 7.37. The van der Waals surface area contributed by atoms with Gasteiger partial charge >= 0.3 is 6.09 Å². The van der Waals surface area contributed by atoms with Crippen molar-refractivity contribution in [2.45, 2.75) is 58.7 Å². The molecule has 0 aliphatic rings. The lowest BCUT2D eigenvalue weighted by Gasteiger charge is -2.22. The van der Waals surface area contributed by atoms with E-state index in [1.807, 2.05) is 58.0 Å². The fourth-order valence-electron chi connectivity index (χ4n) is 3.66. The number of alkyl carbamates (subject to hydrolysis) is 1. The maximum atomic E-state index is 13.7. The third kappa shape index (κ3) is 10.1.